The summed E-state index contributed by atoms with van der Waals surface area (Å²) >= 11 is 0. The second kappa shape index (κ2) is 10.4. The van der Waals surface area contributed by atoms with Gasteiger partial charge in [-0.15, -0.1) is 0 Å². The monoisotopic (exact) mass is 467 g/mol. The van der Waals surface area contributed by atoms with Gasteiger partial charge in [0.05, 0.1) is 24.0 Å². The first-order valence-corrected chi connectivity index (χ1v) is 12.2. The fraction of sp³-hybridized carbons (Fsp3) is 0.591. The third-order valence-electron chi connectivity index (χ3n) is 5.04. The zero-order valence-electron chi connectivity index (χ0n) is 19.4. The maximum absolute atomic E-state index is 12.7. The molecule has 32 heavy (non-hydrogen) atoms. The van der Waals surface area contributed by atoms with E-state index in [2.05, 4.69) is 4.72 Å². The van der Waals surface area contributed by atoms with E-state index in [1.807, 2.05) is 0 Å². The maximum atomic E-state index is 12.7. The summed E-state index contributed by atoms with van der Waals surface area (Å²) in [6, 6.07) is 5.62. The molecule has 1 heterocycles. The molecule has 0 radical (unpaired) electrons. The molecule has 2 rings (SSSR count). The number of carbonyl (C=O) groups excluding carboxylic acids is 3. The van der Waals surface area contributed by atoms with Crippen molar-refractivity contribution in [2.45, 2.75) is 51.0 Å². The van der Waals surface area contributed by atoms with Crippen LogP contribution in [-0.2, 0) is 24.3 Å². The number of esters is 1. The summed E-state index contributed by atoms with van der Waals surface area (Å²) in [7, 11) is -2.17. The molecule has 0 aliphatic carbocycles. The van der Waals surface area contributed by atoms with E-state index in [0.717, 1.165) is 0 Å². The summed E-state index contributed by atoms with van der Waals surface area (Å²) in [5.41, 5.74) is -0.338. The normalized spacial score (nSPS) is 15.3. The number of hydrogen-bond acceptors (Lipinski definition) is 6. The lowest BCUT2D eigenvalue weighted by molar-refractivity contribution is -0.151. The number of nitrogens with zero attached hydrogens (tertiary/aromatic N) is 2. The van der Waals surface area contributed by atoms with Gasteiger partial charge in [0.2, 0.25) is 15.9 Å². The van der Waals surface area contributed by atoms with Crippen molar-refractivity contribution in [2.75, 3.05) is 33.3 Å². The standard InChI is InChI=1S/C22H33N3O6S/c1-6-31-21(28)17-11-13-25(14-12-17)19(26)15-24(5)20(27)16-7-9-18(10-8-16)32(29,30)23-22(2,3)4/h7-10,17,23H,6,11-15H2,1-5H3. The number of amides is 2. The highest BCUT2D eigenvalue weighted by Gasteiger charge is 2.29. The van der Waals surface area contributed by atoms with Crippen LogP contribution in [0, 0.1) is 5.92 Å². The molecule has 178 valence electrons. The molecular weight excluding hydrogens is 434 g/mol. The number of benzene rings is 1. The van der Waals surface area contributed by atoms with Crippen LogP contribution in [0.25, 0.3) is 0 Å². The summed E-state index contributed by atoms with van der Waals surface area (Å²) in [5.74, 6) is -1.000. The Bertz CT molecular complexity index is 929. The lowest BCUT2D eigenvalue weighted by atomic mass is 9.97. The molecule has 9 nitrogen and oxygen atoms in total. The Morgan fingerprint density at radius 2 is 1.69 bits per heavy atom. The van der Waals surface area contributed by atoms with E-state index in [4.69, 9.17) is 4.74 Å². The minimum Gasteiger partial charge on any atom is -0.466 e. The molecule has 10 heteroatoms. The molecule has 1 aliphatic heterocycles. The lowest BCUT2D eigenvalue weighted by Crippen LogP contribution is -2.45. The molecule has 0 saturated carbocycles. The van der Waals surface area contributed by atoms with E-state index in [-0.39, 0.29) is 40.7 Å². The van der Waals surface area contributed by atoms with Crippen LogP contribution in [0.2, 0.25) is 0 Å². The van der Waals surface area contributed by atoms with Gasteiger partial charge >= 0.3 is 5.97 Å². The quantitative estimate of drug-likeness (QED) is 0.610. The Kier molecular flexibility index (Phi) is 8.41. The van der Waals surface area contributed by atoms with E-state index in [1.165, 1.54) is 36.2 Å². The second-order valence-corrected chi connectivity index (χ2v) is 10.6. The number of carbonyl (C=O) groups is 3. The summed E-state index contributed by atoms with van der Waals surface area (Å²) in [6.45, 7) is 8.11. The molecule has 0 bridgehead atoms. The minimum absolute atomic E-state index is 0.0622. The maximum Gasteiger partial charge on any atom is 0.309 e. The van der Waals surface area contributed by atoms with Crippen LogP contribution in [0.15, 0.2) is 29.2 Å². The van der Waals surface area contributed by atoms with Crippen molar-refractivity contribution in [3.05, 3.63) is 29.8 Å². The van der Waals surface area contributed by atoms with Crippen molar-refractivity contribution in [3.8, 4) is 0 Å². The minimum atomic E-state index is -3.70. The van der Waals surface area contributed by atoms with Crippen molar-refractivity contribution >= 4 is 27.8 Å². The number of ether oxygens (including phenoxy) is 1. The van der Waals surface area contributed by atoms with Crippen LogP contribution < -0.4 is 4.72 Å². The molecule has 1 fully saturated rings. The van der Waals surface area contributed by atoms with Gasteiger partial charge in [-0.1, -0.05) is 0 Å². The van der Waals surface area contributed by atoms with Crippen LogP contribution in [-0.4, -0.2) is 74.8 Å². The Balaban J connectivity index is 1.94. The number of likely N-dealkylation sites (tertiary alicyclic amines) is 1. The smallest absolute Gasteiger partial charge is 0.309 e. The molecule has 0 aromatic heterocycles. The van der Waals surface area contributed by atoms with Crippen LogP contribution in [0.5, 0.6) is 0 Å². The van der Waals surface area contributed by atoms with Crippen LogP contribution in [0.1, 0.15) is 50.9 Å². The molecule has 0 spiro atoms. The fourth-order valence-corrected chi connectivity index (χ4v) is 4.88. The summed E-state index contributed by atoms with van der Waals surface area (Å²) < 4.78 is 32.4. The first-order valence-electron chi connectivity index (χ1n) is 10.7. The molecule has 1 aromatic carbocycles. The van der Waals surface area contributed by atoms with Crippen molar-refractivity contribution in [1.82, 2.24) is 14.5 Å². The number of rotatable bonds is 7. The van der Waals surface area contributed by atoms with Gasteiger partial charge in [0, 0.05) is 31.2 Å². The largest absolute Gasteiger partial charge is 0.466 e. The number of likely N-dealkylation sites (N-methyl/N-ethyl adjacent to an activating group) is 1. The second-order valence-electron chi connectivity index (χ2n) is 8.95. The molecule has 1 aromatic rings. The first-order chi connectivity index (χ1) is 14.8. The third-order valence-corrected chi connectivity index (χ3v) is 6.81. The lowest BCUT2D eigenvalue weighted by Gasteiger charge is -2.32. The van der Waals surface area contributed by atoms with Gasteiger partial charge in [-0.05, 0) is 64.8 Å². The van der Waals surface area contributed by atoms with Crippen LogP contribution >= 0.6 is 0 Å². The molecule has 1 aliphatic rings. The number of nitrogens with one attached hydrogen (secondary N) is 1. The fourth-order valence-electron chi connectivity index (χ4n) is 3.46. The summed E-state index contributed by atoms with van der Waals surface area (Å²) in [5, 5.41) is 0. The zero-order chi connectivity index (χ0) is 24.1. The van der Waals surface area contributed by atoms with Gasteiger partial charge in [0.1, 0.15) is 0 Å². The third kappa shape index (κ3) is 7.03. The van der Waals surface area contributed by atoms with E-state index in [1.54, 1.807) is 32.6 Å². The number of hydrogen-bond donors (Lipinski definition) is 1. The average molecular weight is 468 g/mol. The highest BCUT2D eigenvalue weighted by Crippen LogP contribution is 2.19. The zero-order valence-corrected chi connectivity index (χ0v) is 20.2. The van der Waals surface area contributed by atoms with Crippen molar-refractivity contribution in [3.63, 3.8) is 0 Å². The van der Waals surface area contributed by atoms with E-state index >= 15 is 0 Å². The topological polar surface area (TPSA) is 113 Å². The average Bonchev–Trinajstić information content (AvgIpc) is 2.71. The highest BCUT2D eigenvalue weighted by atomic mass is 32.2. The Morgan fingerprint density at radius 1 is 1.12 bits per heavy atom. The molecular formula is C22H33N3O6S. The van der Waals surface area contributed by atoms with Gasteiger partial charge in [-0.25, -0.2) is 13.1 Å². The van der Waals surface area contributed by atoms with Gasteiger partial charge < -0.3 is 14.5 Å². The van der Waals surface area contributed by atoms with Crippen LogP contribution in [0.3, 0.4) is 0 Å². The molecule has 0 atom stereocenters. The van der Waals surface area contributed by atoms with E-state index in [0.29, 0.717) is 32.5 Å². The van der Waals surface area contributed by atoms with Gasteiger partial charge in [-0.2, -0.15) is 0 Å². The number of sulfonamides is 1. The first kappa shape index (κ1) is 25.8. The van der Waals surface area contributed by atoms with E-state index < -0.39 is 15.6 Å². The Labute approximate surface area is 190 Å². The predicted molar refractivity (Wildman–Crippen MR) is 119 cm³/mol. The molecule has 2 amide bonds. The van der Waals surface area contributed by atoms with Gasteiger partial charge in [0.25, 0.3) is 5.91 Å². The Hall–Kier alpha value is -2.46. The number of piperidine rings is 1. The van der Waals surface area contributed by atoms with Gasteiger partial charge in [0.15, 0.2) is 0 Å². The van der Waals surface area contributed by atoms with Crippen LogP contribution in [0.4, 0.5) is 0 Å². The molecule has 1 saturated heterocycles. The SMILES string of the molecule is CCOC(=O)C1CCN(C(=O)CN(C)C(=O)c2ccc(S(=O)(=O)NC(C)(C)C)cc2)CC1. The summed E-state index contributed by atoms with van der Waals surface area (Å²) in [6.07, 6.45) is 1.08. The summed E-state index contributed by atoms with van der Waals surface area (Å²) in [4.78, 5) is 40.1. The Morgan fingerprint density at radius 3 is 2.19 bits per heavy atom. The van der Waals surface area contributed by atoms with Crippen molar-refractivity contribution in [2.24, 2.45) is 5.92 Å². The predicted octanol–water partition coefficient (Wildman–Crippen LogP) is 1.64. The highest BCUT2D eigenvalue weighted by molar-refractivity contribution is 7.89. The van der Waals surface area contributed by atoms with Crippen molar-refractivity contribution < 1.29 is 27.5 Å². The molecule has 0 unspecified atom stereocenters. The van der Waals surface area contributed by atoms with Crippen molar-refractivity contribution in [1.29, 1.82) is 0 Å². The molecule has 1 N–H and O–H groups in total. The van der Waals surface area contributed by atoms with Gasteiger partial charge in [-0.3, -0.25) is 14.4 Å². The van der Waals surface area contributed by atoms with E-state index in [9.17, 15) is 22.8 Å².